The zero-order valence-electron chi connectivity index (χ0n) is 39.7. The summed E-state index contributed by atoms with van der Waals surface area (Å²) in [4.78, 5) is 2.53. The normalized spacial score (nSPS) is 26.9. The van der Waals surface area contributed by atoms with E-state index in [1.807, 2.05) is 0 Å². The van der Waals surface area contributed by atoms with Gasteiger partial charge in [0.2, 0.25) is 0 Å². The highest BCUT2D eigenvalue weighted by Gasteiger charge is 2.61. The molecule has 7 aliphatic rings. The highest BCUT2D eigenvalue weighted by molar-refractivity contribution is 5.83. The van der Waals surface area contributed by atoms with Crippen LogP contribution in [-0.4, -0.2) is 0 Å². The topological polar surface area (TPSA) is 12.5 Å². The lowest BCUT2D eigenvalue weighted by Gasteiger charge is -2.63. The van der Waals surface area contributed by atoms with Crippen molar-refractivity contribution in [3.8, 4) is 33.8 Å². The van der Waals surface area contributed by atoms with Gasteiger partial charge in [-0.1, -0.05) is 134 Å². The molecule has 0 aromatic heterocycles. The molecule has 6 aliphatic carbocycles. The minimum absolute atomic E-state index is 0.0209. The second kappa shape index (κ2) is 14.0. The summed E-state index contributed by atoms with van der Waals surface area (Å²) in [5.41, 5.74) is 18.4. The molecular weight excluding hydrogens is 775 g/mol. The molecule has 6 aromatic rings. The maximum atomic E-state index is 6.92. The summed E-state index contributed by atoms with van der Waals surface area (Å²) >= 11 is 0. The van der Waals surface area contributed by atoms with Crippen LogP contribution in [-0.2, 0) is 27.1 Å². The Morgan fingerprint density at radius 1 is 0.406 bits per heavy atom. The SMILES string of the molecule is CC1(C)CCC(C)(C)c2c(-c3ccc(N(c4ccc(-c5cccc6c5C(C)(C)CCC6(C)C)cc4)c4ccc5c(c4)C4(c6ccccc6O5)C5CC6CC(C5)CC4C6)cc3)cccc21. The van der Waals surface area contributed by atoms with Crippen LogP contribution in [0.5, 0.6) is 11.5 Å². The largest absolute Gasteiger partial charge is 0.457 e. The predicted octanol–water partition coefficient (Wildman–Crippen LogP) is 17.0. The van der Waals surface area contributed by atoms with Gasteiger partial charge >= 0.3 is 0 Å². The third-order valence-electron chi connectivity index (χ3n) is 18.2. The number of rotatable bonds is 5. The summed E-state index contributed by atoms with van der Waals surface area (Å²) in [6.45, 7) is 19.5. The zero-order chi connectivity index (χ0) is 44.0. The lowest BCUT2D eigenvalue weighted by Crippen LogP contribution is -2.57. The number of benzene rings is 6. The molecule has 4 saturated carbocycles. The standard InChI is InChI=1S/C62H67NO/c1-58(2)29-31-60(5,6)56-48(13-11-16-51(56)58)41-19-23-45(24-20-41)63(46-25-21-42(22-26-46)49-14-12-17-52-57(49)61(7,8)32-30-59(52,3)4)47-27-28-55-53(38-47)62(50-15-9-10-18-54(50)64-55)43-34-39-33-40(36-43)37-44(62)35-39/h9-28,38-40,43-44H,29-37H2,1-8H3. The van der Waals surface area contributed by atoms with Crippen LogP contribution < -0.4 is 9.64 Å². The van der Waals surface area contributed by atoms with Crippen LogP contribution in [0.2, 0.25) is 0 Å². The molecule has 1 heterocycles. The van der Waals surface area contributed by atoms with Gasteiger partial charge in [0.25, 0.3) is 0 Å². The van der Waals surface area contributed by atoms with Crippen molar-refractivity contribution >= 4 is 17.1 Å². The van der Waals surface area contributed by atoms with Gasteiger partial charge in [-0.15, -0.1) is 0 Å². The Bertz CT molecular complexity index is 2670. The molecule has 64 heavy (non-hydrogen) atoms. The lowest BCUT2D eigenvalue weighted by atomic mass is 9.42. The van der Waals surface area contributed by atoms with Crippen LogP contribution in [0.3, 0.4) is 0 Å². The number of ether oxygens (including phenoxy) is 1. The summed E-state index contributed by atoms with van der Waals surface area (Å²) in [6, 6.07) is 49.4. The quantitative estimate of drug-likeness (QED) is 0.171. The summed E-state index contributed by atoms with van der Waals surface area (Å²) < 4.78 is 6.92. The van der Waals surface area contributed by atoms with E-state index in [1.54, 1.807) is 0 Å². The molecule has 0 N–H and O–H groups in total. The van der Waals surface area contributed by atoms with Gasteiger partial charge in [-0.2, -0.15) is 0 Å². The zero-order valence-corrected chi connectivity index (χ0v) is 39.7. The molecule has 0 radical (unpaired) electrons. The Hall–Kier alpha value is -5.08. The van der Waals surface area contributed by atoms with E-state index in [2.05, 4.69) is 188 Å². The number of anilines is 3. The molecule has 4 fully saturated rings. The molecule has 2 nitrogen and oxygen atoms in total. The predicted molar refractivity (Wildman–Crippen MR) is 267 cm³/mol. The number of hydrogen-bond donors (Lipinski definition) is 0. The van der Waals surface area contributed by atoms with Crippen LogP contribution in [0.4, 0.5) is 17.1 Å². The van der Waals surface area contributed by atoms with E-state index in [4.69, 9.17) is 4.74 Å². The number of nitrogens with zero attached hydrogens (tertiary/aromatic N) is 1. The van der Waals surface area contributed by atoms with Gasteiger partial charge < -0.3 is 9.64 Å². The van der Waals surface area contributed by atoms with Crippen molar-refractivity contribution < 1.29 is 4.74 Å². The van der Waals surface area contributed by atoms with E-state index < -0.39 is 0 Å². The van der Waals surface area contributed by atoms with Crippen molar-refractivity contribution in [2.45, 2.75) is 140 Å². The van der Waals surface area contributed by atoms with Crippen LogP contribution in [0.25, 0.3) is 22.3 Å². The fraction of sp³-hybridized carbons (Fsp3) is 0.419. The molecule has 1 aliphatic heterocycles. The second-order valence-electron chi connectivity index (χ2n) is 23.9. The van der Waals surface area contributed by atoms with Crippen LogP contribution >= 0.6 is 0 Å². The van der Waals surface area contributed by atoms with Crippen molar-refractivity contribution in [2.24, 2.45) is 23.7 Å². The Morgan fingerprint density at radius 3 is 1.36 bits per heavy atom. The highest BCUT2D eigenvalue weighted by Crippen LogP contribution is 2.69. The molecule has 1 spiro atoms. The first-order valence-electron chi connectivity index (χ1n) is 24.8. The van der Waals surface area contributed by atoms with E-state index in [-0.39, 0.29) is 27.1 Å². The average Bonchev–Trinajstić information content (AvgIpc) is 3.28. The maximum Gasteiger partial charge on any atom is 0.131 e. The van der Waals surface area contributed by atoms with Crippen molar-refractivity contribution in [2.75, 3.05) is 4.90 Å². The molecule has 13 rings (SSSR count). The smallest absolute Gasteiger partial charge is 0.131 e. The molecule has 0 atom stereocenters. The summed E-state index contributed by atoms with van der Waals surface area (Å²) in [6.07, 6.45) is 11.6. The van der Waals surface area contributed by atoms with Crippen LogP contribution in [0, 0.1) is 23.7 Å². The van der Waals surface area contributed by atoms with Crippen molar-refractivity contribution in [1.29, 1.82) is 0 Å². The van der Waals surface area contributed by atoms with Crippen molar-refractivity contribution in [3.05, 3.63) is 161 Å². The molecule has 0 amide bonds. The van der Waals surface area contributed by atoms with E-state index in [0.717, 1.165) is 23.3 Å². The number of para-hydroxylation sites is 1. The van der Waals surface area contributed by atoms with Gasteiger partial charge in [-0.25, -0.2) is 0 Å². The molecule has 0 unspecified atom stereocenters. The van der Waals surface area contributed by atoms with Gasteiger partial charge in [0.1, 0.15) is 11.5 Å². The second-order valence-corrected chi connectivity index (χ2v) is 23.9. The summed E-state index contributed by atoms with van der Waals surface area (Å²) in [7, 11) is 0. The highest BCUT2D eigenvalue weighted by atomic mass is 16.5. The fourth-order valence-corrected chi connectivity index (χ4v) is 15.0. The summed E-state index contributed by atoms with van der Waals surface area (Å²) in [5, 5.41) is 0. The Labute approximate surface area is 383 Å². The Kier molecular flexibility index (Phi) is 8.82. The third-order valence-corrected chi connectivity index (χ3v) is 18.2. The molecule has 2 heteroatoms. The van der Waals surface area contributed by atoms with Gasteiger partial charge in [-0.05, 0) is 196 Å². The lowest BCUT2D eigenvalue weighted by molar-refractivity contribution is -0.0452. The Morgan fingerprint density at radius 2 is 0.844 bits per heavy atom. The van der Waals surface area contributed by atoms with Gasteiger partial charge in [0.15, 0.2) is 0 Å². The molecular formula is C62H67NO. The average molecular weight is 842 g/mol. The molecule has 326 valence electrons. The molecule has 6 aromatic carbocycles. The van der Waals surface area contributed by atoms with Gasteiger partial charge in [-0.3, -0.25) is 0 Å². The molecule has 4 bridgehead atoms. The van der Waals surface area contributed by atoms with E-state index >= 15 is 0 Å². The number of hydrogen-bond acceptors (Lipinski definition) is 2. The first kappa shape index (κ1) is 40.4. The maximum absolute atomic E-state index is 6.92. The van der Waals surface area contributed by atoms with Crippen molar-refractivity contribution in [3.63, 3.8) is 0 Å². The van der Waals surface area contributed by atoms with Crippen molar-refractivity contribution in [1.82, 2.24) is 0 Å². The van der Waals surface area contributed by atoms with Gasteiger partial charge in [0, 0.05) is 33.6 Å². The molecule has 0 saturated heterocycles. The number of fused-ring (bicyclic) bond motifs is 4. The minimum atomic E-state index is -0.0209. The van der Waals surface area contributed by atoms with E-state index in [1.165, 1.54) is 130 Å². The minimum Gasteiger partial charge on any atom is -0.457 e. The van der Waals surface area contributed by atoms with Crippen LogP contribution in [0.15, 0.2) is 127 Å². The summed E-state index contributed by atoms with van der Waals surface area (Å²) in [5.74, 6) is 5.17. The Balaban J connectivity index is 1.01. The van der Waals surface area contributed by atoms with Crippen LogP contribution in [0.1, 0.15) is 147 Å². The third kappa shape index (κ3) is 5.95. The van der Waals surface area contributed by atoms with E-state index in [9.17, 15) is 0 Å². The first-order chi connectivity index (χ1) is 30.6. The fourth-order valence-electron chi connectivity index (χ4n) is 15.0. The monoisotopic (exact) mass is 842 g/mol. The first-order valence-corrected chi connectivity index (χ1v) is 24.8. The van der Waals surface area contributed by atoms with E-state index in [0.29, 0.717) is 11.8 Å². The van der Waals surface area contributed by atoms with Gasteiger partial charge in [0.05, 0.1) is 0 Å².